The highest BCUT2D eigenvalue weighted by molar-refractivity contribution is 5.92. The van der Waals surface area contributed by atoms with Gasteiger partial charge in [0.15, 0.2) is 0 Å². The number of halogens is 1. The molecule has 0 heterocycles. The zero-order chi connectivity index (χ0) is 11.3. The van der Waals surface area contributed by atoms with Gasteiger partial charge in [-0.05, 0) is 12.1 Å². The molecule has 0 spiro atoms. The van der Waals surface area contributed by atoms with Gasteiger partial charge < -0.3 is 16.4 Å². The molecule has 80 valence electrons. The van der Waals surface area contributed by atoms with Crippen molar-refractivity contribution >= 4 is 17.6 Å². The van der Waals surface area contributed by atoms with Crippen LogP contribution in [-0.4, -0.2) is 18.4 Å². The van der Waals surface area contributed by atoms with Crippen molar-refractivity contribution in [2.75, 3.05) is 11.9 Å². The molecule has 0 bridgehead atoms. The molecule has 5 N–H and O–H groups in total. The Morgan fingerprint density at radius 1 is 1.47 bits per heavy atom. The Hall–Kier alpha value is -2.11. The number of hydrogen-bond acceptors (Lipinski definition) is 2. The van der Waals surface area contributed by atoms with Crippen LogP contribution in [-0.2, 0) is 0 Å². The SMILES string of the molecule is N=C(N)CNC(=O)Nc1ccccc1F. The second-order valence-corrected chi connectivity index (χ2v) is 2.81. The molecule has 0 fully saturated rings. The normalized spacial score (nSPS) is 9.40. The van der Waals surface area contributed by atoms with Crippen LogP contribution in [0, 0.1) is 11.2 Å². The summed E-state index contributed by atoms with van der Waals surface area (Å²) in [6.07, 6.45) is 0. The smallest absolute Gasteiger partial charge is 0.319 e. The number of carbonyl (C=O) groups is 1. The van der Waals surface area contributed by atoms with Crippen LogP contribution < -0.4 is 16.4 Å². The molecule has 1 aromatic carbocycles. The first-order valence-electron chi connectivity index (χ1n) is 4.22. The predicted molar refractivity (Wildman–Crippen MR) is 55.3 cm³/mol. The lowest BCUT2D eigenvalue weighted by Gasteiger charge is -2.07. The van der Waals surface area contributed by atoms with Gasteiger partial charge in [0.25, 0.3) is 0 Å². The van der Waals surface area contributed by atoms with Gasteiger partial charge in [-0.25, -0.2) is 9.18 Å². The van der Waals surface area contributed by atoms with Crippen molar-refractivity contribution < 1.29 is 9.18 Å². The molecule has 5 nitrogen and oxygen atoms in total. The van der Waals surface area contributed by atoms with Crippen molar-refractivity contribution in [1.29, 1.82) is 5.41 Å². The molecule has 0 aliphatic heterocycles. The van der Waals surface area contributed by atoms with Gasteiger partial charge in [-0.3, -0.25) is 5.41 Å². The van der Waals surface area contributed by atoms with Crippen molar-refractivity contribution in [2.24, 2.45) is 5.73 Å². The Morgan fingerprint density at radius 3 is 2.73 bits per heavy atom. The Bertz CT molecular complexity index is 380. The monoisotopic (exact) mass is 210 g/mol. The average Bonchev–Trinajstić information content (AvgIpc) is 2.18. The highest BCUT2D eigenvalue weighted by Gasteiger charge is 2.04. The molecular formula is C9H11FN4O. The van der Waals surface area contributed by atoms with E-state index < -0.39 is 11.8 Å². The van der Waals surface area contributed by atoms with E-state index in [0.29, 0.717) is 0 Å². The van der Waals surface area contributed by atoms with Gasteiger partial charge in [-0.15, -0.1) is 0 Å². The third kappa shape index (κ3) is 3.63. The van der Waals surface area contributed by atoms with E-state index in [2.05, 4.69) is 10.6 Å². The van der Waals surface area contributed by atoms with Crippen molar-refractivity contribution in [3.63, 3.8) is 0 Å². The second kappa shape index (κ2) is 4.94. The number of carbonyl (C=O) groups excluding carboxylic acids is 1. The predicted octanol–water partition coefficient (Wildman–Crippen LogP) is 0.883. The number of amides is 2. The molecule has 0 aliphatic carbocycles. The van der Waals surface area contributed by atoms with Crippen LogP contribution in [0.3, 0.4) is 0 Å². The lowest BCUT2D eigenvalue weighted by molar-refractivity contribution is 0.253. The summed E-state index contributed by atoms with van der Waals surface area (Å²) in [6, 6.07) is 5.19. The molecular weight excluding hydrogens is 199 g/mol. The maximum absolute atomic E-state index is 13.0. The number of nitrogens with one attached hydrogen (secondary N) is 3. The first-order chi connectivity index (χ1) is 7.09. The summed E-state index contributed by atoms with van der Waals surface area (Å²) in [5, 5.41) is 11.5. The van der Waals surface area contributed by atoms with E-state index in [-0.39, 0.29) is 18.1 Å². The van der Waals surface area contributed by atoms with Crippen molar-refractivity contribution in [3.05, 3.63) is 30.1 Å². The van der Waals surface area contributed by atoms with E-state index in [4.69, 9.17) is 11.1 Å². The summed E-state index contributed by atoms with van der Waals surface area (Å²) in [4.78, 5) is 11.1. The number of benzene rings is 1. The Balaban J connectivity index is 2.52. The lowest BCUT2D eigenvalue weighted by atomic mass is 10.3. The molecule has 0 radical (unpaired) electrons. The maximum atomic E-state index is 13.0. The summed E-state index contributed by atoms with van der Waals surface area (Å²) in [6.45, 7) is -0.0692. The molecule has 15 heavy (non-hydrogen) atoms. The van der Waals surface area contributed by atoms with Crippen LogP contribution in [0.4, 0.5) is 14.9 Å². The molecule has 0 saturated heterocycles. The summed E-state index contributed by atoms with van der Waals surface area (Å²) in [7, 11) is 0. The van der Waals surface area contributed by atoms with Crippen LogP contribution in [0.2, 0.25) is 0 Å². The zero-order valence-corrected chi connectivity index (χ0v) is 7.88. The lowest BCUT2D eigenvalue weighted by Crippen LogP contribution is -2.36. The number of hydrogen-bond donors (Lipinski definition) is 4. The van der Waals surface area contributed by atoms with Gasteiger partial charge in [0.2, 0.25) is 0 Å². The molecule has 0 atom stereocenters. The summed E-state index contributed by atoms with van der Waals surface area (Å²) < 4.78 is 13.0. The van der Waals surface area contributed by atoms with E-state index in [0.717, 1.165) is 0 Å². The van der Waals surface area contributed by atoms with Crippen molar-refractivity contribution in [2.45, 2.75) is 0 Å². The highest BCUT2D eigenvalue weighted by Crippen LogP contribution is 2.11. The van der Waals surface area contributed by atoms with Gasteiger partial charge in [-0.2, -0.15) is 0 Å². The van der Waals surface area contributed by atoms with Gasteiger partial charge >= 0.3 is 6.03 Å². The van der Waals surface area contributed by atoms with Crippen LogP contribution in [0.15, 0.2) is 24.3 Å². The zero-order valence-electron chi connectivity index (χ0n) is 7.88. The molecule has 0 unspecified atom stereocenters. The number of urea groups is 1. The fourth-order valence-electron chi connectivity index (χ4n) is 0.905. The van der Waals surface area contributed by atoms with Crippen LogP contribution in [0.25, 0.3) is 0 Å². The van der Waals surface area contributed by atoms with Gasteiger partial charge in [0, 0.05) is 0 Å². The molecule has 1 aromatic rings. The van der Waals surface area contributed by atoms with Crippen LogP contribution in [0.1, 0.15) is 0 Å². The average molecular weight is 210 g/mol. The molecule has 0 saturated carbocycles. The van der Waals surface area contributed by atoms with Crippen LogP contribution in [0.5, 0.6) is 0 Å². The van der Waals surface area contributed by atoms with E-state index in [1.807, 2.05) is 0 Å². The van der Waals surface area contributed by atoms with E-state index in [1.54, 1.807) is 6.07 Å². The summed E-state index contributed by atoms with van der Waals surface area (Å²) in [5.74, 6) is -0.686. The van der Waals surface area contributed by atoms with Crippen molar-refractivity contribution in [1.82, 2.24) is 5.32 Å². The Morgan fingerprint density at radius 2 is 2.13 bits per heavy atom. The molecule has 0 aromatic heterocycles. The number of rotatable bonds is 3. The summed E-state index contributed by atoms with van der Waals surface area (Å²) in [5.41, 5.74) is 5.11. The largest absolute Gasteiger partial charge is 0.386 e. The minimum Gasteiger partial charge on any atom is -0.386 e. The fourth-order valence-corrected chi connectivity index (χ4v) is 0.905. The minimum absolute atomic E-state index is 0.0692. The number of para-hydroxylation sites is 1. The number of nitrogens with two attached hydrogens (primary N) is 1. The number of amidine groups is 1. The third-order valence-electron chi connectivity index (χ3n) is 1.56. The molecule has 2 amide bonds. The molecule has 0 aliphatic rings. The quantitative estimate of drug-likeness (QED) is 0.440. The Kier molecular flexibility index (Phi) is 3.61. The van der Waals surface area contributed by atoms with E-state index in [1.165, 1.54) is 18.2 Å². The van der Waals surface area contributed by atoms with E-state index in [9.17, 15) is 9.18 Å². The van der Waals surface area contributed by atoms with Crippen LogP contribution >= 0.6 is 0 Å². The second-order valence-electron chi connectivity index (χ2n) is 2.81. The topological polar surface area (TPSA) is 91.0 Å². The van der Waals surface area contributed by atoms with Gasteiger partial charge in [0.05, 0.1) is 12.2 Å². The molecule has 6 heteroatoms. The molecule has 1 rings (SSSR count). The first-order valence-corrected chi connectivity index (χ1v) is 4.22. The van der Waals surface area contributed by atoms with Crippen molar-refractivity contribution in [3.8, 4) is 0 Å². The standard InChI is InChI=1S/C9H11FN4O/c10-6-3-1-2-4-7(6)14-9(15)13-5-8(11)12/h1-4H,5H2,(H3,11,12)(H2,13,14,15). The van der Waals surface area contributed by atoms with Gasteiger partial charge in [-0.1, -0.05) is 12.1 Å². The third-order valence-corrected chi connectivity index (χ3v) is 1.56. The highest BCUT2D eigenvalue weighted by atomic mass is 19.1. The maximum Gasteiger partial charge on any atom is 0.319 e. The first kappa shape index (κ1) is 11.0. The minimum atomic E-state index is -0.602. The van der Waals surface area contributed by atoms with E-state index >= 15 is 0 Å². The Labute approximate surface area is 86.0 Å². The fraction of sp³-hybridized carbons (Fsp3) is 0.111. The summed E-state index contributed by atoms with van der Waals surface area (Å²) >= 11 is 0. The van der Waals surface area contributed by atoms with Gasteiger partial charge in [0.1, 0.15) is 11.7 Å². The number of anilines is 1.